The van der Waals surface area contributed by atoms with E-state index in [1.165, 1.54) is 12.4 Å². The van der Waals surface area contributed by atoms with Gasteiger partial charge in [0.25, 0.3) is 5.91 Å². The van der Waals surface area contributed by atoms with Gasteiger partial charge in [-0.15, -0.1) is 0 Å². The highest BCUT2D eigenvalue weighted by atomic mass is 16.5. The molecule has 1 aromatic heterocycles. The summed E-state index contributed by atoms with van der Waals surface area (Å²) in [5, 5.41) is 6.17. The number of methoxy groups -OCH3 is 1. The molecule has 0 bridgehead atoms. The Bertz CT molecular complexity index is 978. The first kappa shape index (κ1) is 20.3. The van der Waals surface area contributed by atoms with Crippen molar-refractivity contribution < 1.29 is 9.53 Å². The molecule has 0 saturated carbocycles. The minimum absolute atomic E-state index is 0.222. The van der Waals surface area contributed by atoms with Crippen molar-refractivity contribution in [3.05, 3.63) is 71.0 Å². The lowest BCUT2D eigenvalue weighted by Crippen LogP contribution is -2.15. The van der Waals surface area contributed by atoms with Crippen LogP contribution in [0.2, 0.25) is 0 Å². The van der Waals surface area contributed by atoms with Gasteiger partial charge in [0, 0.05) is 18.1 Å². The van der Waals surface area contributed by atoms with Crippen molar-refractivity contribution in [3.8, 4) is 5.75 Å². The second-order valence-electron chi connectivity index (χ2n) is 6.74. The zero-order valence-electron chi connectivity index (χ0n) is 17.2. The third-order valence-electron chi connectivity index (χ3n) is 4.75. The first-order valence-electron chi connectivity index (χ1n) is 9.71. The van der Waals surface area contributed by atoms with Crippen LogP contribution < -0.4 is 15.4 Å². The number of aryl methyl sites for hydroxylation is 3. The van der Waals surface area contributed by atoms with Gasteiger partial charge in [-0.2, -0.15) is 0 Å². The monoisotopic (exact) mass is 390 g/mol. The Balaban J connectivity index is 1.77. The maximum atomic E-state index is 12.7. The van der Waals surface area contributed by atoms with E-state index in [-0.39, 0.29) is 5.91 Å². The molecule has 6 heteroatoms. The number of anilines is 3. The van der Waals surface area contributed by atoms with E-state index in [1.807, 2.05) is 43.3 Å². The molecule has 1 amide bonds. The fourth-order valence-corrected chi connectivity index (χ4v) is 3.14. The average molecular weight is 390 g/mol. The van der Waals surface area contributed by atoms with E-state index in [0.717, 1.165) is 40.9 Å². The summed E-state index contributed by atoms with van der Waals surface area (Å²) >= 11 is 0. The number of benzene rings is 2. The first-order chi connectivity index (χ1) is 14.0. The maximum Gasteiger partial charge on any atom is 0.258 e. The number of para-hydroxylation sites is 1. The molecule has 1 heterocycles. The minimum atomic E-state index is -0.222. The van der Waals surface area contributed by atoms with Crippen molar-refractivity contribution in [2.75, 3.05) is 17.7 Å². The largest absolute Gasteiger partial charge is 0.495 e. The Morgan fingerprint density at radius 2 is 1.69 bits per heavy atom. The number of nitrogens with one attached hydrogen (secondary N) is 2. The molecule has 2 N–H and O–H groups in total. The summed E-state index contributed by atoms with van der Waals surface area (Å²) in [7, 11) is 1.61. The zero-order valence-corrected chi connectivity index (χ0v) is 17.2. The molecule has 0 unspecified atom stereocenters. The van der Waals surface area contributed by atoms with Gasteiger partial charge in [0.05, 0.1) is 18.4 Å². The van der Waals surface area contributed by atoms with Gasteiger partial charge in [-0.1, -0.05) is 38.1 Å². The van der Waals surface area contributed by atoms with Gasteiger partial charge in [-0.05, 0) is 48.6 Å². The molecular weight excluding hydrogens is 364 g/mol. The van der Waals surface area contributed by atoms with Gasteiger partial charge in [-0.25, -0.2) is 9.97 Å². The lowest BCUT2D eigenvalue weighted by atomic mass is 10.0. The zero-order chi connectivity index (χ0) is 20.8. The molecule has 0 saturated heterocycles. The van der Waals surface area contributed by atoms with Gasteiger partial charge in [0.2, 0.25) is 5.95 Å². The molecule has 6 nitrogen and oxygen atoms in total. The van der Waals surface area contributed by atoms with Crippen LogP contribution in [-0.4, -0.2) is 23.0 Å². The molecule has 3 aromatic rings. The number of nitrogens with zero attached hydrogens (tertiary/aromatic N) is 2. The highest BCUT2D eigenvalue weighted by Crippen LogP contribution is 2.27. The van der Waals surface area contributed by atoms with E-state index in [9.17, 15) is 4.79 Å². The van der Waals surface area contributed by atoms with Crippen LogP contribution in [0.15, 0.2) is 48.8 Å². The van der Waals surface area contributed by atoms with Crippen LogP contribution in [-0.2, 0) is 12.8 Å². The molecule has 0 aliphatic heterocycles. The third-order valence-corrected chi connectivity index (χ3v) is 4.75. The summed E-state index contributed by atoms with van der Waals surface area (Å²) < 4.78 is 5.36. The van der Waals surface area contributed by atoms with Crippen molar-refractivity contribution >= 4 is 23.2 Å². The van der Waals surface area contributed by atoms with Crippen LogP contribution in [0, 0.1) is 6.92 Å². The standard InChI is InChI=1S/C23H26N4O2/c1-5-16-8-7-9-17(6-2)21(16)27-22(28)18-13-24-23(25-14-18)26-19-12-15(3)10-11-20(19)29-4/h7-14H,5-6H2,1-4H3,(H,27,28)(H,24,25,26). The molecule has 0 aliphatic carbocycles. The summed E-state index contributed by atoms with van der Waals surface area (Å²) in [6.07, 6.45) is 4.74. The number of carbonyl (C=O) groups is 1. The summed E-state index contributed by atoms with van der Waals surface area (Å²) in [5.41, 5.74) is 5.38. The lowest BCUT2D eigenvalue weighted by Gasteiger charge is -2.14. The quantitative estimate of drug-likeness (QED) is 0.599. The van der Waals surface area contributed by atoms with Crippen LogP contribution >= 0.6 is 0 Å². The second kappa shape index (κ2) is 9.19. The number of ether oxygens (including phenoxy) is 1. The van der Waals surface area contributed by atoms with E-state index < -0.39 is 0 Å². The van der Waals surface area contributed by atoms with Crippen molar-refractivity contribution in [2.24, 2.45) is 0 Å². The second-order valence-corrected chi connectivity index (χ2v) is 6.74. The molecule has 3 rings (SSSR count). The Morgan fingerprint density at radius 3 is 2.28 bits per heavy atom. The SMILES string of the molecule is CCc1cccc(CC)c1NC(=O)c1cnc(Nc2cc(C)ccc2OC)nc1. The highest BCUT2D eigenvalue weighted by molar-refractivity contribution is 6.04. The van der Waals surface area contributed by atoms with Crippen molar-refractivity contribution in [2.45, 2.75) is 33.6 Å². The van der Waals surface area contributed by atoms with E-state index in [0.29, 0.717) is 17.3 Å². The highest BCUT2D eigenvalue weighted by Gasteiger charge is 2.13. The Kier molecular flexibility index (Phi) is 6.44. The minimum Gasteiger partial charge on any atom is -0.495 e. The van der Waals surface area contributed by atoms with Crippen molar-refractivity contribution in [1.29, 1.82) is 0 Å². The number of carbonyl (C=O) groups excluding carboxylic acids is 1. The van der Waals surface area contributed by atoms with Crippen molar-refractivity contribution in [3.63, 3.8) is 0 Å². The fraction of sp³-hybridized carbons (Fsp3) is 0.261. The molecule has 2 aromatic carbocycles. The Labute approximate surface area is 171 Å². The number of hydrogen-bond donors (Lipinski definition) is 2. The molecule has 0 radical (unpaired) electrons. The van der Waals surface area contributed by atoms with Crippen LogP contribution in [0.5, 0.6) is 5.75 Å². The normalized spacial score (nSPS) is 10.5. The van der Waals surface area contributed by atoms with Crippen LogP contribution in [0.1, 0.15) is 40.9 Å². The maximum absolute atomic E-state index is 12.7. The molecule has 0 fully saturated rings. The van der Waals surface area contributed by atoms with Gasteiger partial charge in [0.1, 0.15) is 5.75 Å². The fourth-order valence-electron chi connectivity index (χ4n) is 3.14. The van der Waals surface area contributed by atoms with Crippen LogP contribution in [0.3, 0.4) is 0 Å². The lowest BCUT2D eigenvalue weighted by molar-refractivity contribution is 0.102. The van der Waals surface area contributed by atoms with Crippen molar-refractivity contribution in [1.82, 2.24) is 9.97 Å². The third kappa shape index (κ3) is 4.71. The predicted molar refractivity (Wildman–Crippen MR) is 116 cm³/mol. The summed E-state index contributed by atoms with van der Waals surface area (Å²) in [5.74, 6) is 0.873. The Hall–Kier alpha value is -3.41. The smallest absolute Gasteiger partial charge is 0.258 e. The predicted octanol–water partition coefficient (Wildman–Crippen LogP) is 4.91. The number of amides is 1. The first-order valence-corrected chi connectivity index (χ1v) is 9.71. The number of aromatic nitrogens is 2. The molecule has 0 atom stereocenters. The summed E-state index contributed by atoms with van der Waals surface area (Å²) in [4.78, 5) is 21.3. The molecular formula is C23H26N4O2. The van der Waals surface area contributed by atoms with E-state index in [1.54, 1.807) is 7.11 Å². The number of rotatable bonds is 7. The van der Waals surface area contributed by atoms with E-state index in [2.05, 4.69) is 34.4 Å². The Morgan fingerprint density at radius 1 is 1.03 bits per heavy atom. The van der Waals surface area contributed by atoms with Gasteiger partial charge >= 0.3 is 0 Å². The average Bonchev–Trinajstić information content (AvgIpc) is 2.74. The molecule has 0 aliphatic rings. The summed E-state index contributed by atoms with van der Waals surface area (Å²) in [6, 6.07) is 11.9. The van der Waals surface area contributed by atoms with E-state index >= 15 is 0 Å². The molecule has 29 heavy (non-hydrogen) atoms. The van der Waals surface area contributed by atoms with Gasteiger partial charge in [-0.3, -0.25) is 4.79 Å². The van der Waals surface area contributed by atoms with Gasteiger partial charge < -0.3 is 15.4 Å². The van der Waals surface area contributed by atoms with Crippen LogP contribution in [0.4, 0.5) is 17.3 Å². The molecule has 0 spiro atoms. The van der Waals surface area contributed by atoms with Gasteiger partial charge in [0.15, 0.2) is 0 Å². The van der Waals surface area contributed by atoms with E-state index in [4.69, 9.17) is 4.74 Å². The summed E-state index contributed by atoms with van der Waals surface area (Å²) in [6.45, 7) is 6.15. The topological polar surface area (TPSA) is 76.1 Å². The van der Waals surface area contributed by atoms with Crippen LogP contribution in [0.25, 0.3) is 0 Å². The molecule has 150 valence electrons. The number of hydrogen-bond acceptors (Lipinski definition) is 5.